The topological polar surface area (TPSA) is 58.4 Å². The zero-order valence-electron chi connectivity index (χ0n) is 12.4. The second-order valence-corrected chi connectivity index (χ2v) is 5.55. The molecule has 1 aromatic rings. The number of carbonyl (C=O) groups is 1. The zero-order chi connectivity index (χ0) is 16.3. The van der Waals surface area contributed by atoms with Crippen LogP contribution in [0.5, 0.6) is 0 Å². The lowest BCUT2D eigenvalue weighted by molar-refractivity contribution is -0.137. The smallest absolute Gasteiger partial charge is 0.370 e. The van der Waals surface area contributed by atoms with Gasteiger partial charge in [-0.2, -0.15) is 13.2 Å². The third-order valence-electron chi connectivity index (χ3n) is 3.83. The lowest BCUT2D eigenvalue weighted by atomic mass is 10.1. The summed E-state index contributed by atoms with van der Waals surface area (Å²) in [6, 6.07) is 3.47. The number of alkyl halides is 3. The molecule has 0 radical (unpaired) electrons. The van der Waals surface area contributed by atoms with E-state index in [1.165, 1.54) is 6.07 Å². The first kappa shape index (κ1) is 16.6. The number of carbonyl (C=O) groups excluding carboxylic acids is 1. The minimum absolute atomic E-state index is 0.143. The Morgan fingerprint density at radius 1 is 1.36 bits per heavy atom. The number of hydrogen-bond donors (Lipinski definition) is 2. The molecule has 1 aliphatic rings. The van der Waals surface area contributed by atoms with Crippen molar-refractivity contribution in [2.45, 2.75) is 25.9 Å². The summed E-state index contributed by atoms with van der Waals surface area (Å²) in [7, 11) is 0. The molecule has 1 aliphatic heterocycles. The van der Waals surface area contributed by atoms with Crippen LogP contribution in [0.3, 0.4) is 0 Å². The fourth-order valence-corrected chi connectivity index (χ4v) is 2.41. The van der Waals surface area contributed by atoms with Gasteiger partial charge in [-0.1, -0.05) is 6.92 Å². The molecule has 1 heterocycles. The predicted octanol–water partition coefficient (Wildman–Crippen LogP) is 2.84. The van der Waals surface area contributed by atoms with Crippen LogP contribution in [0.15, 0.2) is 18.2 Å². The van der Waals surface area contributed by atoms with Crippen LogP contribution in [0.4, 0.5) is 24.5 Å². The maximum atomic E-state index is 12.9. The molecule has 2 rings (SSSR count). The Kier molecular flexibility index (Phi) is 4.95. The van der Waals surface area contributed by atoms with E-state index in [1.807, 2.05) is 4.90 Å². The maximum Gasteiger partial charge on any atom is 0.416 e. The molecule has 1 unspecified atom stereocenters. The van der Waals surface area contributed by atoms with E-state index in [4.69, 9.17) is 5.73 Å². The molecular weight excluding hydrogens is 295 g/mol. The minimum Gasteiger partial charge on any atom is -0.370 e. The first-order valence-electron chi connectivity index (χ1n) is 7.30. The monoisotopic (exact) mass is 315 g/mol. The van der Waals surface area contributed by atoms with E-state index in [2.05, 4.69) is 5.32 Å². The largest absolute Gasteiger partial charge is 0.416 e. The normalized spacial score (nSPS) is 16.7. The number of benzene rings is 1. The number of nitrogens with two attached hydrogens (primary N) is 1. The van der Waals surface area contributed by atoms with Crippen molar-refractivity contribution in [3.63, 3.8) is 0 Å². The Morgan fingerprint density at radius 3 is 2.55 bits per heavy atom. The number of hydrogen-bond acceptors (Lipinski definition) is 3. The molecule has 0 aromatic heterocycles. The molecule has 0 aliphatic carbocycles. The summed E-state index contributed by atoms with van der Waals surface area (Å²) in [6.45, 7) is 3.34. The van der Waals surface area contributed by atoms with Gasteiger partial charge in [-0.15, -0.1) is 0 Å². The third-order valence-corrected chi connectivity index (χ3v) is 3.83. The molecule has 122 valence electrons. The van der Waals surface area contributed by atoms with E-state index in [9.17, 15) is 18.0 Å². The van der Waals surface area contributed by atoms with Crippen LogP contribution < -0.4 is 16.0 Å². The van der Waals surface area contributed by atoms with Crippen molar-refractivity contribution in [2.75, 3.05) is 29.9 Å². The average molecular weight is 315 g/mol. The molecule has 1 amide bonds. The molecule has 3 N–H and O–H groups in total. The molecule has 1 saturated heterocycles. The van der Waals surface area contributed by atoms with Gasteiger partial charge in [0.1, 0.15) is 0 Å². The summed E-state index contributed by atoms with van der Waals surface area (Å²) < 4.78 is 38.7. The van der Waals surface area contributed by atoms with Crippen LogP contribution in [0.1, 0.15) is 25.3 Å². The van der Waals surface area contributed by atoms with Gasteiger partial charge in [0.15, 0.2) is 0 Å². The van der Waals surface area contributed by atoms with E-state index in [-0.39, 0.29) is 18.1 Å². The van der Waals surface area contributed by atoms with E-state index in [0.29, 0.717) is 5.69 Å². The number of nitrogens with one attached hydrogen (secondary N) is 1. The van der Waals surface area contributed by atoms with Gasteiger partial charge in [0.25, 0.3) is 0 Å². The van der Waals surface area contributed by atoms with Gasteiger partial charge in [-0.25, -0.2) is 0 Å². The Bertz CT molecular complexity index is 539. The molecule has 0 saturated carbocycles. The van der Waals surface area contributed by atoms with Crippen molar-refractivity contribution in [2.24, 2.45) is 11.7 Å². The van der Waals surface area contributed by atoms with Crippen LogP contribution in [0, 0.1) is 5.92 Å². The van der Waals surface area contributed by atoms with Crippen molar-refractivity contribution in [3.8, 4) is 0 Å². The second kappa shape index (κ2) is 6.56. The second-order valence-electron chi connectivity index (χ2n) is 5.55. The van der Waals surface area contributed by atoms with Crippen LogP contribution in [0.2, 0.25) is 0 Å². The molecule has 4 nitrogen and oxygen atoms in total. The summed E-state index contributed by atoms with van der Waals surface area (Å²) in [4.78, 5) is 14.0. The van der Waals surface area contributed by atoms with Crippen LogP contribution >= 0.6 is 0 Å². The first-order valence-corrected chi connectivity index (χ1v) is 7.30. The minimum atomic E-state index is -4.44. The van der Waals surface area contributed by atoms with Crippen molar-refractivity contribution in [1.82, 2.24) is 0 Å². The molecule has 0 bridgehead atoms. The van der Waals surface area contributed by atoms with Crippen molar-refractivity contribution < 1.29 is 18.0 Å². The quantitative estimate of drug-likeness (QED) is 0.898. The predicted molar refractivity (Wildman–Crippen MR) is 79.7 cm³/mol. The molecule has 0 spiro atoms. The number of amides is 1. The highest BCUT2D eigenvalue weighted by atomic mass is 19.4. The van der Waals surface area contributed by atoms with Crippen molar-refractivity contribution in [1.29, 1.82) is 0 Å². The Morgan fingerprint density at radius 2 is 2.00 bits per heavy atom. The van der Waals surface area contributed by atoms with Crippen LogP contribution in [0.25, 0.3) is 0 Å². The van der Waals surface area contributed by atoms with E-state index >= 15 is 0 Å². The summed E-state index contributed by atoms with van der Waals surface area (Å²) in [5, 5.41) is 2.59. The van der Waals surface area contributed by atoms with Gasteiger partial charge in [0, 0.05) is 25.6 Å². The van der Waals surface area contributed by atoms with E-state index in [0.717, 1.165) is 38.1 Å². The highest BCUT2D eigenvalue weighted by molar-refractivity contribution is 5.96. The van der Waals surface area contributed by atoms with Gasteiger partial charge in [-0.3, -0.25) is 4.79 Å². The molecule has 1 atom stereocenters. The summed E-state index contributed by atoms with van der Waals surface area (Å²) in [6.07, 6.45) is -2.45. The molecule has 1 fully saturated rings. The van der Waals surface area contributed by atoms with E-state index in [1.54, 1.807) is 6.92 Å². The summed E-state index contributed by atoms with van der Waals surface area (Å²) in [5.41, 5.74) is 5.49. The lowest BCUT2D eigenvalue weighted by Crippen LogP contribution is -2.28. The van der Waals surface area contributed by atoms with Gasteiger partial charge >= 0.3 is 6.18 Å². The summed E-state index contributed by atoms with van der Waals surface area (Å²) >= 11 is 0. The molecule has 7 heteroatoms. The Labute approximate surface area is 127 Å². The molecule has 22 heavy (non-hydrogen) atoms. The fourth-order valence-electron chi connectivity index (χ4n) is 2.41. The first-order chi connectivity index (χ1) is 10.3. The lowest BCUT2D eigenvalue weighted by Gasteiger charge is -2.23. The number of anilines is 2. The maximum absolute atomic E-state index is 12.9. The summed E-state index contributed by atoms with van der Waals surface area (Å²) in [5.74, 6) is -0.830. The highest BCUT2D eigenvalue weighted by Gasteiger charge is 2.32. The number of rotatable bonds is 4. The van der Waals surface area contributed by atoms with Gasteiger partial charge in [0.05, 0.1) is 16.9 Å². The fraction of sp³-hybridized carbons (Fsp3) is 0.533. The van der Waals surface area contributed by atoms with Gasteiger partial charge in [-0.05, 0) is 31.0 Å². The van der Waals surface area contributed by atoms with Crippen LogP contribution in [-0.2, 0) is 11.0 Å². The SMILES string of the molecule is CC(CN)C(=O)Nc1cc(C(F)(F)F)ccc1N1CCCC1. The standard InChI is InChI=1S/C15H20F3N3O/c1-10(9-19)14(22)20-12-8-11(15(16,17)18)4-5-13(12)21-6-2-3-7-21/h4-5,8,10H,2-3,6-7,9,19H2,1H3,(H,20,22). The average Bonchev–Trinajstić information content (AvgIpc) is 2.99. The Balaban J connectivity index is 2.34. The number of nitrogens with zero attached hydrogens (tertiary/aromatic N) is 1. The Hall–Kier alpha value is -1.76. The van der Waals surface area contributed by atoms with Gasteiger partial charge < -0.3 is 16.0 Å². The van der Waals surface area contributed by atoms with Crippen molar-refractivity contribution in [3.05, 3.63) is 23.8 Å². The third kappa shape index (κ3) is 3.71. The van der Waals surface area contributed by atoms with Gasteiger partial charge in [0.2, 0.25) is 5.91 Å². The number of halogens is 3. The molecule has 1 aromatic carbocycles. The van der Waals surface area contributed by atoms with Crippen molar-refractivity contribution >= 4 is 17.3 Å². The zero-order valence-corrected chi connectivity index (χ0v) is 12.4. The molecular formula is C15H20F3N3O. The van der Waals surface area contributed by atoms with Crippen LogP contribution in [-0.4, -0.2) is 25.5 Å². The van der Waals surface area contributed by atoms with E-state index < -0.39 is 17.7 Å². The highest BCUT2D eigenvalue weighted by Crippen LogP contribution is 2.36.